The molecule has 0 unspecified atom stereocenters. The van der Waals surface area contributed by atoms with Crippen molar-refractivity contribution in [3.63, 3.8) is 0 Å². The van der Waals surface area contributed by atoms with E-state index >= 15 is 0 Å². The molecule has 2 aliphatic carbocycles. The van der Waals surface area contributed by atoms with E-state index in [-0.39, 0.29) is 17.6 Å². The maximum Gasteiger partial charge on any atom is 0.277 e. The molecule has 5 nitrogen and oxygen atoms in total. The predicted octanol–water partition coefficient (Wildman–Crippen LogP) is 3.49. The number of nitrogens with zero attached hydrogens (tertiary/aromatic N) is 4. The number of likely N-dealkylation sites (tertiary alicyclic amines) is 1. The molecule has 2 heterocycles. The van der Waals surface area contributed by atoms with E-state index in [1.807, 2.05) is 30.3 Å². The number of amides is 1. The fraction of sp³-hybridized carbons (Fsp3) is 0.632. The van der Waals surface area contributed by atoms with Crippen molar-refractivity contribution < 1.29 is 4.79 Å². The number of hydrogen-bond acceptors (Lipinski definition) is 4. The molecule has 0 radical (unpaired) electrons. The Bertz CT molecular complexity index is 669. The minimum atomic E-state index is -0.281. The second kappa shape index (κ2) is 5.38. The summed E-state index contributed by atoms with van der Waals surface area (Å²) in [6.45, 7) is 2.15. The SMILES string of the molecule is O=C(c1ccccc1)N1N=N[C@@H]2[C@H]3CC[C@H](C3)[C@@]21N1CCCCC1. The Morgan fingerprint density at radius 3 is 2.67 bits per heavy atom. The monoisotopic (exact) mass is 324 g/mol. The fourth-order valence-corrected chi connectivity index (χ4v) is 5.67. The summed E-state index contributed by atoms with van der Waals surface area (Å²) in [7, 11) is 0. The van der Waals surface area contributed by atoms with Gasteiger partial charge in [-0.15, -0.1) is 0 Å². The summed E-state index contributed by atoms with van der Waals surface area (Å²) < 4.78 is 0. The van der Waals surface area contributed by atoms with E-state index in [4.69, 9.17) is 0 Å². The van der Waals surface area contributed by atoms with Crippen molar-refractivity contribution in [3.05, 3.63) is 35.9 Å². The predicted molar refractivity (Wildman–Crippen MR) is 90.2 cm³/mol. The maximum atomic E-state index is 13.3. The van der Waals surface area contributed by atoms with E-state index in [0.29, 0.717) is 11.8 Å². The molecule has 2 aliphatic heterocycles. The molecule has 4 atom stereocenters. The number of hydrogen-bond donors (Lipinski definition) is 0. The normalized spacial score (nSPS) is 37.8. The highest BCUT2D eigenvalue weighted by Gasteiger charge is 2.68. The first-order valence-electron chi connectivity index (χ1n) is 9.37. The third-order valence-corrected chi connectivity index (χ3v) is 6.64. The number of benzene rings is 1. The van der Waals surface area contributed by atoms with Gasteiger partial charge in [0.05, 0.1) is 0 Å². The van der Waals surface area contributed by atoms with E-state index in [9.17, 15) is 4.79 Å². The van der Waals surface area contributed by atoms with Crippen molar-refractivity contribution in [2.24, 2.45) is 22.2 Å². The second-order valence-electron chi connectivity index (χ2n) is 7.73. The Morgan fingerprint density at radius 2 is 1.88 bits per heavy atom. The van der Waals surface area contributed by atoms with Gasteiger partial charge < -0.3 is 0 Å². The zero-order chi connectivity index (χ0) is 16.1. The highest BCUT2D eigenvalue weighted by atomic mass is 16.2. The number of fused-ring (bicyclic) bond motifs is 5. The standard InChI is InChI=1S/C19H24N4O/c24-18(14-7-3-1-4-8-14)23-19(22-11-5-2-6-12-22)16-10-9-15(13-16)17(19)20-21-23/h1,3-4,7-8,15-17H,2,5-6,9-13H2/t15-,16+,17+,19-/m0/s1. The highest BCUT2D eigenvalue weighted by molar-refractivity contribution is 5.94. The summed E-state index contributed by atoms with van der Waals surface area (Å²) in [6.07, 6.45) is 7.40. The van der Waals surface area contributed by atoms with Gasteiger partial charge in [0.1, 0.15) is 11.7 Å². The summed E-state index contributed by atoms with van der Waals surface area (Å²) in [5, 5.41) is 10.9. The van der Waals surface area contributed by atoms with Gasteiger partial charge >= 0.3 is 0 Å². The third kappa shape index (κ3) is 1.82. The Balaban J connectivity index is 1.57. The molecule has 2 bridgehead atoms. The smallest absolute Gasteiger partial charge is 0.277 e. The van der Waals surface area contributed by atoms with Crippen LogP contribution in [0.25, 0.3) is 0 Å². The van der Waals surface area contributed by atoms with Gasteiger partial charge in [-0.3, -0.25) is 9.69 Å². The molecule has 24 heavy (non-hydrogen) atoms. The molecule has 0 aromatic heterocycles. The molecule has 1 aromatic carbocycles. The Morgan fingerprint density at radius 1 is 1.08 bits per heavy atom. The molecule has 1 aromatic rings. The minimum absolute atomic E-state index is 0.0139. The first-order chi connectivity index (χ1) is 11.8. The van der Waals surface area contributed by atoms with Gasteiger partial charge in [-0.05, 0) is 50.2 Å². The van der Waals surface area contributed by atoms with Gasteiger partial charge in [0.15, 0.2) is 0 Å². The van der Waals surface area contributed by atoms with Crippen molar-refractivity contribution in [2.45, 2.75) is 50.2 Å². The van der Waals surface area contributed by atoms with E-state index in [1.165, 1.54) is 38.5 Å². The Labute approximate surface area is 142 Å². The van der Waals surface area contributed by atoms with Gasteiger partial charge in [0.25, 0.3) is 5.91 Å². The van der Waals surface area contributed by atoms with Crippen LogP contribution in [0.4, 0.5) is 0 Å². The molecule has 1 amide bonds. The quantitative estimate of drug-likeness (QED) is 0.836. The highest BCUT2D eigenvalue weighted by Crippen LogP contribution is 2.59. The first kappa shape index (κ1) is 14.6. The number of rotatable bonds is 2. The lowest BCUT2D eigenvalue weighted by molar-refractivity contribution is -0.0779. The molecule has 5 rings (SSSR count). The summed E-state index contributed by atoms with van der Waals surface area (Å²) in [4.78, 5) is 15.8. The molecule has 2 saturated carbocycles. The van der Waals surface area contributed by atoms with Crippen LogP contribution in [0.5, 0.6) is 0 Å². The van der Waals surface area contributed by atoms with Crippen molar-refractivity contribution in [2.75, 3.05) is 13.1 Å². The zero-order valence-corrected chi connectivity index (χ0v) is 14.0. The van der Waals surface area contributed by atoms with Crippen LogP contribution in [0.15, 0.2) is 40.7 Å². The summed E-state index contributed by atoms with van der Waals surface area (Å²) in [5.74, 6) is 1.14. The second-order valence-corrected chi connectivity index (χ2v) is 7.73. The van der Waals surface area contributed by atoms with E-state index < -0.39 is 0 Å². The van der Waals surface area contributed by atoms with Gasteiger partial charge in [0, 0.05) is 24.6 Å². The summed E-state index contributed by atoms with van der Waals surface area (Å²) in [5.41, 5.74) is 0.437. The average molecular weight is 324 g/mol. The molecular weight excluding hydrogens is 300 g/mol. The van der Waals surface area contributed by atoms with Crippen LogP contribution in [0.1, 0.15) is 48.9 Å². The van der Waals surface area contributed by atoms with E-state index in [2.05, 4.69) is 15.2 Å². The molecule has 4 aliphatic rings. The molecule has 3 fully saturated rings. The van der Waals surface area contributed by atoms with Crippen molar-refractivity contribution in [1.29, 1.82) is 0 Å². The molecule has 126 valence electrons. The van der Waals surface area contributed by atoms with Crippen molar-refractivity contribution >= 4 is 5.91 Å². The number of carbonyl (C=O) groups is 1. The largest absolute Gasteiger partial charge is 0.277 e. The summed E-state index contributed by atoms with van der Waals surface area (Å²) in [6, 6.07) is 9.76. The van der Waals surface area contributed by atoms with Crippen LogP contribution in [-0.4, -0.2) is 40.6 Å². The van der Waals surface area contributed by atoms with Gasteiger partial charge in [-0.1, -0.05) is 29.8 Å². The van der Waals surface area contributed by atoms with Crippen LogP contribution < -0.4 is 0 Å². The lowest BCUT2D eigenvalue weighted by atomic mass is 9.81. The molecular formula is C19H24N4O. The van der Waals surface area contributed by atoms with Crippen LogP contribution in [0, 0.1) is 11.8 Å². The minimum Gasteiger partial charge on any atom is -0.277 e. The Kier molecular flexibility index (Phi) is 3.27. The molecule has 1 saturated heterocycles. The van der Waals surface area contributed by atoms with Gasteiger partial charge in [-0.2, -0.15) is 10.1 Å². The van der Waals surface area contributed by atoms with Crippen molar-refractivity contribution in [3.8, 4) is 0 Å². The average Bonchev–Trinajstić information content (AvgIpc) is 3.34. The van der Waals surface area contributed by atoms with E-state index in [0.717, 1.165) is 18.7 Å². The van der Waals surface area contributed by atoms with Gasteiger partial charge in [0.2, 0.25) is 0 Å². The van der Waals surface area contributed by atoms with Crippen LogP contribution in [0.3, 0.4) is 0 Å². The van der Waals surface area contributed by atoms with Crippen molar-refractivity contribution in [1.82, 2.24) is 9.91 Å². The summed E-state index contributed by atoms with van der Waals surface area (Å²) >= 11 is 0. The third-order valence-electron chi connectivity index (χ3n) is 6.64. The Hall–Kier alpha value is -1.75. The first-order valence-corrected chi connectivity index (χ1v) is 9.37. The lowest BCUT2D eigenvalue weighted by Crippen LogP contribution is -2.67. The molecule has 0 spiro atoms. The zero-order valence-electron chi connectivity index (χ0n) is 14.0. The number of carbonyl (C=O) groups excluding carboxylic acids is 1. The number of piperidine rings is 1. The fourth-order valence-electron chi connectivity index (χ4n) is 5.67. The van der Waals surface area contributed by atoms with Crippen LogP contribution >= 0.6 is 0 Å². The topological polar surface area (TPSA) is 48.3 Å². The van der Waals surface area contributed by atoms with E-state index in [1.54, 1.807) is 5.01 Å². The van der Waals surface area contributed by atoms with Crippen LogP contribution in [0.2, 0.25) is 0 Å². The van der Waals surface area contributed by atoms with Crippen LogP contribution in [-0.2, 0) is 0 Å². The lowest BCUT2D eigenvalue weighted by Gasteiger charge is -2.50. The van der Waals surface area contributed by atoms with Gasteiger partial charge in [-0.25, -0.2) is 0 Å². The molecule has 0 N–H and O–H groups in total. The maximum absolute atomic E-state index is 13.3. The molecule has 5 heteroatoms.